The van der Waals surface area contributed by atoms with Crippen LogP contribution < -0.4 is 4.67 Å². The zero-order valence-corrected chi connectivity index (χ0v) is 12.1. The molecule has 1 saturated heterocycles. The van der Waals surface area contributed by atoms with Crippen LogP contribution in [-0.4, -0.2) is 45.4 Å². The quantitative estimate of drug-likeness (QED) is 0.586. The Hall–Kier alpha value is -0.601. The average Bonchev–Trinajstić information content (AvgIpc) is 2.72. The molecule has 1 fully saturated rings. The molecule has 17 heavy (non-hydrogen) atoms. The van der Waals surface area contributed by atoms with E-state index in [4.69, 9.17) is 4.52 Å². The first-order valence-corrected chi connectivity index (χ1v) is 9.45. The molecule has 4 nitrogen and oxygen atoms in total. The summed E-state index contributed by atoms with van der Waals surface area (Å²) in [6.07, 6.45) is 0. The van der Waals surface area contributed by atoms with Crippen molar-refractivity contribution >= 4 is 32.7 Å². The molecule has 0 aliphatic carbocycles. The van der Waals surface area contributed by atoms with E-state index in [-0.39, 0.29) is 5.91 Å². The van der Waals surface area contributed by atoms with Crippen LogP contribution in [0.2, 0.25) is 0 Å². The minimum absolute atomic E-state index is 0.0772. The zero-order valence-electron chi connectivity index (χ0n) is 9.50. The summed E-state index contributed by atoms with van der Waals surface area (Å²) in [5.74, 6) is 0.0772. The summed E-state index contributed by atoms with van der Waals surface area (Å²) in [4.78, 5) is 12.4. The maximum absolute atomic E-state index is 12.4. The molecule has 2 heterocycles. The first kappa shape index (κ1) is 11.5. The topological polar surface area (TPSA) is 32.8 Å². The molecule has 1 aromatic rings. The second-order valence-corrected chi connectivity index (χ2v) is 9.18. The molecule has 6 heteroatoms. The van der Waals surface area contributed by atoms with Crippen molar-refractivity contribution in [3.8, 4) is 0 Å². The number of rotatable bonds is 1. The fourth-order valence-electron chi connectivity index (χ4n) is 2.35. The van der Waals surface area contributed by atoms with Crippen LogP contribution in [0.4, 0.5) is 5.69 Å². The number of hydrogen-bond acceptors (Lipinski definition) is 3. The Morgan fingerprint density at radius 2 is 2.24 bits per heavy atom. The van der Waals surface area contributed by atoms with Crippen LogP contribution in [0.3, 0.4) is 0 Å². The third-order valence-corrected chi connectivity index (χ3v) is 8.88. The van der Waals surface area contributed by atoms with Crippen LogP contribution in [0.1, 0.15) is 17.3 Å². The van der Waals surface area contributed by atoms with Gasteiger partial charge in [0, 0.05) is 0 Å². The van der Waals surface area contributed by atoms with Gasteiger partial charge in [-0.25, -0.2) is 0 Å². The summed E-state index contributed by atoms with van der Waals surface area (Å²) in [5.41, 5.74) is 1.79. The summed E-state index contributed by atoms with van der Waals surface area (Å²) in [5, 5.41) is 0. The van der Waals surface area contributed by atoms with Gasteiger partial charge in [-0.15, -0.1) is 0 Å². The van der Waals surface area contributed by atoms with E-state index in [0.29, 0.717) is 13.2 Å². The van der Waals surface area contributed by atoms with E-state index in [1.54, 1.807) is 0 Å². The number of para-hydroxylation sites is 1. The second kappa shape index (κ2) is 3.96. The predicted molar refractivity (Wildman–Crippen MR) is 69.1 cm³/mol. The first-order valence-electron chi connectivity index (χ1n) is 5.62. The van der Waals surface area contributed by atoms with Gasteiger partial charge >= 0.3 is 108 Å². The van der Waals surface area contributed by atoms with E-state index in [2.05, 4.69) is 19.8 Å². The summed E-state index contributed by atoms with van der Waals surface area (Å²) in [7, 11) is 0. The molecule has 0 N–H and O–H groups in total. The van der Waals surface area contributed by atoms with Crippen molar-refractivity contribution < 1.29 is 9.32 Å². The van der Waals surface area contributed by atoms with E-state index in [1.807, 2.05) is 35.9 Å². The number of anilines is 1. The van der Waals surface area contributed by atoms with Gasteiger partial charge in [0.1, 0.15) is 0 Å². The third-order valence-electron chi connectivity index (χ3n) is 3.12. The minimum atomic E-state index is -2.03. The predicted octanol–water partition coefficient (Wildman–Crippen LogP) is 1.84. The molecule has 90 valence electrons. The standard InChI is InChI=1S/C11H13N2O2PSe/c1-2-12-11(14)9-5-3-4-6-10(9)13-7-8-15-16(12,13)17/h3-6H,2,7-8H2,1H3. The van der Waals surface area contributed by atoms with Gasteiger partial charge < -0.3 is 0 Å². The van der Waals surface area contributed by atoms with E-state index < -0.39 is 6.04 Å². The Bertz CT molecular complexity index is 534. The van der Waals surface area contributed by atoms with Crippen LogP contribution in [0.15, 0.2) is 24.3 Å². The summed E-state index contributed by atoms with van der Waals surface area (Å²) < 4.78 is 9.94. The van der Waals surface area contributed by atoms with Crippen LogP contribution in [0, 0.1) is 0 Å². The van der Waals surface area contributed by atoms with Crippen LogP contribution >= 0.6 is 6.04 Å². The molecule has 2 aliphatic rings. The molecule has 0 spiro atoms. The van der Waals surface area contributed by atoms with Crippen LogP contribution in [0.5, 0.6) is 0 Å². The Labute approximate surface area is 108 Å². The first-order chi connectivity index (χ1) is 8.18. The Balaban J connectivity index is 2.23. The van der Waals surface area contributed by atoms with Gasteiger partial charge in [0.2, 0.25) is 0 Å². The molecule has 1 aromatic carbocycles. The fourth-order valence-corrected chi connectivity index (χ4v) is 7.42. The van der Waals surface area contributed by atoms with Gasteiger partial charge in [-0.2, -0.15) is 0 Å². The van der Waals surface area contributed by atoms with E-state index in [0.717, 1.165) is 17.8 Å². The Kier molecular flexibility index (Phi) is 2.68. The molecule has 1 amide bonds. The van der Waals surface area contributed by atoms with Crippen molar-refractivity contribution in [1.82, 2.24) is 4.67 Å². The number of benzene rings is 1. The van der Waals surface area contributed by atoms with Crippen molar-refractivity contribution in [3.05, 3.63) is 29.8 Å². The summed E-state index contributed by atoms with van der Waals surface area (Å²) >= 11 is 3.15. The summed E-state index contributed by atoms with van der Waals surface area (Å²) in [6, 6.07) is 5.74. The molecular formula is C11H13N2O2PSe. The number of carbonyl (C=O) groups excluding carboxylic acids is 1. The molecular weight excluding hydrogens is 302 g/mol. The second-order valence-electron chi connectivity index (χ2n) is 3.99. The van der Waals surface area contributed by atoms with Crippen molar-refractivity contribution in [2.24, 2.45) is 0 Å². The molecule has 1 atom stereocenters. The van der Waals surface area contributed by atoms with Gasteiger partial charge in [-0.3, -0.25) is 0 Å². The normalized spacial score (nSPS) is 27.0. The molecule has 0 bridgehead atoms. The van der Waals surface area contributed by atoms with E-state index >= 15 is 0 Å². The van der Waals surface area contributed by atoms with Crippen molar-refractivity contribution in [1.29, 1.82) is 0 Å². The van der Waals surface area contributed by atoms with Crippen LogP contribution in [0.25, 0.3) is 0 Å². The number of nitrogens with zero attached hydrogens (tertiary/aromatic N) is 2. The number of hydrogen-bond donors (Lipinski definition) is 0. The fraction of sp³-hybridized carbons (Fsp3) is 0.364. The number of carbonyl (C=O) groups is 1. The van der Waals surface area contributed by atoms with Gasteiger partial charge in [-0.1, -0.05) is 0 Å². The van der Waals surface area contributed by atoms with E-state index in [1.165, 1.54) is 0 Å². The van der Waals surface area contributed by atoms with Crippen molar-refractivity contribution in [2.75, 3.05) is 24.4 Å². The van der Waals surface area contributed by atoms with Crippen molar-refractivity contribution in [2.45, 2.75) is 6.92 Å². The molecule has 1 unspecified atom stereocenters. The average molecular weight is 315 g/mol. The summed E-state index contributed by atoms with van der Waals surface area (Å²) in [6.45, 7) is 4.19. The molecule has 0 aromatic heterocycles. The Morgan fingerprint density at radius 1 is 1.47 bits per heavy atom. The molecule has 0 saturated carbocycles. The van der Waals surface area contributed by atoms with Gasteiger partial charge in [0.05, 0.1) is 0 Å². The van der Waals surface area contributed by atoms with Gasteiger partial charge in [0.15, 0.2) is 0 Å². The molecule has 3 rings (SSSR count). The third kappa shape index (κ3) is 1.47. The monoisotopic (exact) mass is 316 g/mol. The van der Waals surface area contributed by atoms with E-state index in [9.17, 15) is 4.79 Å². The van der Waals surface area contributed by atoms with Crippen molar-refractivity contribution in [3.63, 3.8) is 0 Å². The number of fused-ring (bicyclic) bond motifs is 3. The molecule has 0 radical (unpaired) electrons. The molecule has 2 aliphatic heterocycles. The maximum atomic E-state index is 12.4. The SMILES string of the molecule is CCN1C(=O)c2ccccc2N2CCOP12=[Se]. The van der Waals surface area contributed by atoms with Crippen LogP contribution in [-0.2, 0) is 4.52 Å². The van der Waals surface area contributed by atoms with Gasteiger partial charge in [-0.05, 0) is 0 Å². The number of amides is 1. The zero-order chi connectivity index (χ0) is 12.0. The van der Waals surface area contributed by atoms with Gasteiger partial charge in [0.25, 0.3) is 0 Å². The Morgan fingerprint density at radius 3 is 3.00 bits per heavy atom.